The molecule has 1 aromatic heterocycles. The smallest absolute Gasteiger partial charge is 0.383 e. The van der Waals surface area contributed by atoms with Gasteiger partial charge in [0.1, 0.15) is 42.4 Å². The van der Waals surface area contributed by atoms with E-state index in [4.69, 9.17) is 23.4 Å². The highest BCUT2D eigenvalue weighted by atomic mass is 16.7. The Kier molecular flexibility index (Phi) is 8.44. The molecule has 0 radical (unpaired) electrons. The van der Waals surface area contributed by atoms with Gasteiger partial charge in [0.2, 0.25) is 6.29 Å². The van der Waals surface area contributed by atoms with Crippen molar-refractivity contribution in [1.29, 1.82) is 0 Å². The molecule has 4 rings (SSSR count). The lowest BCUT2D eigenvalue weighted by Gasteiger charge is -2.39. The topological polar surface area (TPSA) is 148 Å². The Morgan fingerprint density at radius 3 is 2.44 bits per heavy atom. The van der Waals surface area contributed by atoms with Crippen LogP contribution in [0.15, 0.2) is 57.7 Å². The minimum atomic E-state index is -1.71. The minimum absolute atomic E-state index is 0.0437. The molecule has 0 amide bonds. The van der Waals surface area contributed by atoms with Gasteiger partial charge in [-0.15, -0.1) is 0 Å². The van der Waals surface area contributed by atoms with Crippen LogP contribution in [-0.4, -0.2) is 64.3 Å². The van der Waals surface area contributed by atoms with Crippen LogP contribution in [0.5, 0.6) is 17.2 Å². The van der Waals surface area contributed by atoms with Crippen molar-refractivity contribution in [3.8, 4) is 17.2 Å². The zero-order valence-corrected chi connectivity index (χ0v) is 19.8. The maximum absolute atomic E-state index is 13.0. The van der Waals surface area contributed by atoms with Crippen LogP contribution in [0.4, 0.5) is 0 Å². The number of ether oxygens (including phenoxy) is 4. The average Bonchev–Trinajstić information content (AvgIpc) is 2.89. The second-order valence-corrected chi connectivity index (χ2v) is 8.50. The van der Waals surface area contributed by atoms with Crippen LogP contribution >= 0.6 is 0 Å². The van der Waals surface area contributed by atoms with Crippen molar-refractivity contribution in [2.24, 2.45) is 0 Å². The Morgan fingerprint density at radius 1 is 0.944 bits per heavy atom. The third kappa shape index (κ3) is 5.63. The lowest BCUT2D eigenvalue weighted by molar-refractivity contribution is -0.278. The van der Waals surface area contributed by atoms with E-state index in [1.807, 2.05) is 30.3 Å². The molecule has 2 aromatic carbocycles. The quantitative estimate of drug-likeness (QED) is 0.239. The Hall–Kier alpha value is -3.15. The van der Waals surface area contributed by atoms with Gasteiger partial charge in [0.15, 0.2) is 5.75 Å². The van der Waals surface area contributed by atoms with Gasteiger partial charge in [0, 0.05) is 6.07 Å². The number of benzene rings is 2. The minimum Gasteiger partial charge on any atom is -0.493 e. The molecule has 194 valence electrons. The third-order valence-electron chi connectivity index (χ3n) is 5.87. The molecule has 0 spiro atoms. The number of hydrogen-bond acceptors (Lipinski definition) is 10. The summed E-state index contributed by atoms with van der Waals surface area (Å²) in [4.78, 5) is 13.0. The summed E-state index contributed by atoms with van der Waals surface area (Å²) in [5.74, 6) is 0.181. The Labute approximate surface area is 207 Å². The van der Waals surface area contributed by atoms with Crippen LogP contribution in [0.3, 0.4) is 0 Å². The standard InChI is InChI=1S/C26H30O10/c1-2-3-11-32-16-9-10-17-18(12-16)34-25(31)24(23(17)33-14-15-7-5-4-6-8-15)36-26-22(30)21(29)20(28)19(13-27)35-26/h4-10,12,19-22,26-30H,2-3,11,13-14H2,1H3/t19-,20-,21+,22+,26-/m1/s1. The summed E-state index contributed by atoms with van der Waals surface area (Å²) >= 11 is 0. The fourth-order valence-electron chi connectivity index (χ4n) is 3.82. The molecule has 10 nitrogen and oxygen atoms in total. The molecular formula is C26H30O10. The first-order chi connectivity index (χ1) is 17.4. The highest BCUT2D eigenvalue weighted by Gasteiger charge is 2.45. The van der Waals surface area contributed by atoms with E-state index >= 15 is 0 Å². The first-order valence-corrected chi connectivity index (χ1v) is 11.8. The molecule has 2 heterocycles. The van der Waals surface area contributed by atoms with Gasteiger partial charge >= 0.3 is 5.63 Å². The van der Waals surface area contributed by atoms with E-state index in [0.717, 1.165) is 18.4 Å². The van der Waals surface area contributed by atoms with Crippen molar-refractivity contribution >= 4 is 11.0 Å². The van der Waals surface area contributed by atoms with E-state index < -0.39 is 42.9 Å². The molecular weight excluding hydrogens is 472 g/mol. The molecule has 1 aliphatic heterocycles. The van der Waals surface area contributed by atoms with Crippen LogP contribution in [0.25, 0.3) is 11.0 Å². The number of aliphatic hydroxyl groups is 4. The van der Waals surface area contributed by atoms with Crippen LogP contribution < -0.4 is 19.8 Å². The lowest BCUT2D eigenvalue weighted by Crippen LogP contribution is -2.60. The fourth-order valence-corrected chi connectivity index (χ4v) is 3.82. The maximum atomic E-state index is 13.0. The molecule has 0 aliphatic carbocycles. The third-order valence-corrected chi connectivity index (χ3v) is 5.87. The Balaban J connectivity index is 1.71. The molecule has 1 fully saturated rings. The largest absolute Gasteiger partial charge is 0.493 e. The Morgan fingerprint density at radius 2 is 1.72 bits per heavy atom. The van der Waals surface area contributed by atoms with Crippen LogP contribution in [0, 0.1) is 0 Å². The number of hydrogen-bond donors (Lipinski definition) is 4. The maximum Gasteiger partial charge on any atom is 0.383 e. The van der Waals surface area contributed by atoms with E-state index in [2.05, 4.69) is 6.92 Å². The van der Waals surface area contributed by atoms with Gasteiger partial charge < -0.3 is 43.8 Å². The van der Waals surface area contributed by atoms with E-state index in [-0.39, 0.29) is 23.7 Å². The van der Waals surface area contributed by atoms with Crippen molar-refractivity contribution < 1.29 is 43.8 Å². The number of aliphatic hydroxyl groups excluding tert-OH is 4. The average molecular weight is 503 g/mol. The predicted octanol–water partition coefficient (Wildman–Crippen LogP) is 1.73. The van der Waals surface area contributed by atoms with Gasteiger partial charge in [-0.3, -0.25) is 0 Å². The second kappa shape index (κ2) is 11.7. The summed E-state index contributed by atoms with van der Waals surface area (Å²) in [5, 5.41) is 40.4. The van der Waals surface area contributed by atoms with E-state index in [0.29, 0.717) is 17.7 Å². The van der Waals surface area contributed by atoms with E-state index in [1.54, 1.807) is 18.2 Å². The van der Waals surface area contributed by atoms with Gasteiger partial charge in [-0.1, -0.05) is 43.7 Å². The molecule has 0 bridgehead atoms. The van der Waals surface area contributed by atoms with Crippen LogP contribution in [0.1, 0.15) is 25.3 Å². The van der Waals surface area contributed by atoms with Gasteiger partial charge in [0.25, 0.3) is 5.75 Å². The number of unbranched alkanes of at least 4 members (excludes halogenated alkanes) is 1. The van der Waals surface area contributed by atoms with Crippen molar-refractivity contribution in [2.75, 3.05) is 13.2 Å². The monoisotopic (exact) mass is 502 g/mol. The molecule has 36 heavy (non-hydrogen) atoms. The summed E-state index contributed by atoms with van der Waals surface area (Å²) in [6, 6.07) is 14.2. The molecule has 0 unspecified atom stereocenters. The highest BCUT2D eigenvalue weighted by Crippen LogP contribution is 2.37. The highest BCUT2D eigenvalue weighted by molar-refractivity contribution is 5.86. The van der Waals surface area contributed by atoms with Crippen molar-refractivity contribution in [3.05, 3.63) is 64.5 Å². The zero-order valence-electron chi connectivity index (χ0n) is 19.8. The van der Waals surface area contributed by atoms with Crippen LogP contribution in [-0.2, 0) is 11.3 Å². The number of fused-ring (bicyclic) bond motifs is 1. The summed E-state index contributed by atoms with van der Waals surface area (Å²) in [6.45, 7) is 2.02. The molecule has 3 aromatic rings. The summed E-state index contributed by atoms with van der Waals surface area (Å²) in [6.07, 6.45) is -5.91. The van der Waals surface area contributed by atoms with Gasteiger partial charge in [0.05, 0.1) is 18.6 Å². The summed E-state index contributed by atoms with van der Waals surface area (Å²) in [5.41, 5.74) is 0.128. The first kappa shape index (κ1) is 25.9. The summed E-state index contributed by atoms with van der Waals surface area (Å²) in [7, 11) is 0. The molecule has 5 atom stereocenters. The van der Waals surface area contributed by atoms with Crippen molar-refractivity contribution in [2.45, 2.75) is 57.1 Å². The molecule has 10 heteroatoms. The second-order valence-electron chi connectivity index (χ2n) is 8.50. The lowest BCUT2D eigenvalue weighted by atomic mass is 9.99. The Bertz CT molecular complexity index is 1190. The van der Waals surface area contributed by atoms with Gasteiger partial charge in [-0.2, -0.15) is 0 Å². The van der Waals surface area contributed by atoms with Crippen LogP contribution in [0.2, 0.25) is 0 Å². The van der Waals surface area contributed by atoms with Crippen molar-refractivity contribution in [3.63, 3.8) is 0 Å². The first-order valence-electron chi connectivity index (χ1n) is 11.8. The van der Waals surface area contributed by atoms with Gasteiger partial charge in [-0.25, -0.2) is 4.79 Å². The zero-order chi connectivity index (χ0) is 25.7. The summed E-state index contributed by atoms with van der Waals surface area (Å²) < 4.78 is 28.3. The van der Waals surface area contributed by atoms with Gasteiger partial charge in [-0.05, 0) is 24.1 Å². The van der Waals surface area contributed by atoms with Crippen molar-refractivity contribution in [1.82, 2.24) is 0 Å². The normalized spacial score (nSPS) is 24.0. The number of rotatable bonds is 10. The predicted molar refractivity (Wildman–Crippen MR) is 128 cm³/mol. The fraction of sp³-hybridized carbons (Fsp3) is 0.423. The molecule has 1 aliphatic rings. The van der Waals surface area contributed by atoms with E-state index in [9.17, 15) is 25.2 Å². The molecule has 0 saturated carbocycles. The molecule has 1 saturated heterocycles. The molecule has 4 N–H and O–H groups in total. The van der Waals surface area contributed by atoms with E-state index in [1.165, 1.54) is 0 Å². The SMILES string of the molecule is CCCCOc1ccc2c(OCc3ccccc3)c(O[C@H]3O[C@H](CO)[C@@H](O)[C@H](O)[C@@H]3O)c(=O)oc2c1.